The first-order valence-corrected chi connectivity index (χ1v) is 11.2. The number of aliphatic carboxylic acids is 1. The Bertz CT molecular complexity index is 844. The molecule has 2 aromatic heterocycles. The van der Waals surface area contributed by atoms with Crippen LogP contribution in [0, 0.1) is 12.8 Å². The van der Waals surface area contributed by atoms with Crippen LogP contribution in [-0.4, -0.2) is 57.0 Å². The average molecular weight is 437 g/mol. The molecule has 0 aromatic carbocycles. The molecule has 3 rings (SSSR count). The molecule has 1 aliphatic heterocycles. The van der Waals surface area contributed by atoms with Crippen LogP contribution >= 0.6 is 22.9 Å². The Morgan fingerprint density at radius 2 is 2.07 bits per heavy atom. The number of likely N-dealkylation sites (tertiary alicyclic amines) is 1. The van der Waals surface area contributed by atoms with Crippen molar-refractivity contribution in [3.8, 4) is 0 Å². The molecular weight excluding hydrogens is 412 g/mol. The van der Waals surface area contributed by atoms with E-state index < -0.39 is 5.97 Å². The number of carbonyl (C=O) groups is 3. The van der Waals surface area contributed by atoms with Gasteiger partial charge in [0, 0.05) is 36.9 Å². The maximum absolute atomic E-state index is 12.5. The molecule has 1 aliphatic rings. The van der Waals surface area contributed by atoms with Gasteiger partial charge in [-0.2, -0.15) is 0 Å². The Morgan fingerprint density at radius 1 is 1.31 bits per heavy atom. The number of rotatable bonds is 8. The largest absolute Gasteiger partial charge is 0.481 e. The number of piperidine rings is 1. The van der Waals surface area contributed by atoms with E-state index in [2.05, 4.69) is 14.9 Å². The van der Waals surface area contributed by atoms with Gasteiger partial charge < -0.3 is 15.3 Å². The van der Waals surface area contributed by atoms with Gasteiger partial charge >= 0.3 is 5.97 Å². The SMILES string of the molecule is Cc1nnsc1C(=O)N1CCC(CNC(=O)CC(CC(=O)O)c2cccs2)CC1. The Labute approximate surface area is 177 Å². The monoisotopic (exact) mass is 436 g/mol. The first-order chi connectivity index (χ1) is 13.9. The fraction of sp³-hybridized carbons (Fsp3) is 0.526. The third-order valence-electron chi connectivity index (χ3n) is 5.13. The lowest BCUT2D eigenvalue weighted by molar-refractivity contribution is -0.137. The predicted molar refractivity (Wildman–Crippen MR) is 110 cm³/mol. The molecule has 0 saturated carbocycles. The van der Waals surface area contributed by atoms with E-state index in [-0.39, 0.29) is 30.6 Å². The molecule has 10 heteroatoms. The predicted octanol–water partition coefficient (Wildman–Crippen LogP) is 2.53. The molecule has 1 atom stereocenters. The summed E-state index contributed by atoms with van der Waals surface area (Å²) < 4.78 is 3.82. The maximum atomic E-state index is 12.5. The summed E-state index contributed by atoms with van der Waals surface area (Å²) in [5.74, 6) is -1.05. The van der Waals surface area contributed by atoms with E-state index in [1.165, 1.54) is 11.3 Å². The van der Waals surface area contributed by atoms with Gasteiger partial charge in [-0.3, -0.25) is 14.4 Å². The Hall–Kier alpha value is -2.33. The third-order valence-corrected chi connectivity index (χ3v) is 6.98. The molecule has 2 aromatic rings. The van der Waals surface area contributed by atoms with Crippen LogP contribution in [0.3, 0.4) is 0 Å². The van der Waals surface area contributed by atoms with Crippen molar-refractivity contribution in [2.24, 2.45) is 5.92 Å². The fourth-order valence-electron chi connectivity index (χ4n) is 3.47. The molecule has 0 aliphatic carbocycles. The summed E-state index contributed by atoms with van der Waals surface area (Å²) in [4.78, 5) is 39.3. The smallest absolute Gasteiger partial charge is 0.304 e. The summed E-state index contributed by atoms with van der Waals surface area (Å²) in [6, 6.07) is 3.74. The number of aromatic nitrogens is 2. The minimum atomic E-state index is -0.903. The summed E-state index contributed by atoms with van der Waals surface area (Å²) in [5, 5.41) is 17.9. The number of thiophene rings is 1. The van der Waals surface area contributed by atoms with Crippen LogP contribution < -0.4 is 5.32 Å². The van der Waals surface area contributed by atoms with Gasteiger partial charge in [-0.15, -0.1) is 16.4 Å². The molecule has 3 heterocycles. The van der Waals surface area contributed by atoms with Crippen molar-refractivity contribution in [1.82, 2.24) is 19.8 Å². The van der Waals surface area contributed by atoms with Gasteiger partial charge in [-0.1, -0.05) is 10.6 Å². The third kappa shape index (κ3) is 5.83. The van der Waals surface area contributed by atoms with Crippen LogP contribution in [0.5, 0.6) is 0 Å². The second kappa shape index (κ2) is 9.93. The molecule has 2 amide bonds. The van der Waals surface area contributed by atoms with Crippen LogP contribution in [0.1, 0.15) is 51.8 Å². The molecule has 1 saturated heterocycles. The van der Waals surface area contributed by atoms with E-state index in [1.807, 2.05) is 22.4 Å². The highest BCUT2D eigenvalue weighted by molar-refractivity contribution is 7.10. The molecule has 0 spiro atoms. The number of aryl methyl sites for hydroxylation is 1. The molecule has 0 bridgehead atoms. The van der Waals surface area contributed by atoms with Crippen molar-refractivity contribution in [2.45, 2.75) is 38.5 Å². The number of hydrogen-bond donors (Lipinski definition) is 2. The van der Waals surface area contributed by atoms with Crippen LogP contribution in [-0.2, 0) is 9.59 Å². The molecule has 2 N–H and O–H groups in total. The van der Waals surface area contributed by atoms with E-state index >= 15 is 0 Å². The zero-order valence-electron chi connectivity index (χ0n) is 16.2. The summed E-state index contributed by atoms with van der Waals surface area (Å²) in [6.45, 7) is 3.63. The second-order valence-corrected chi connectivity index (χ2v) is 8.97. The molecular formula is C19H24N4O4S2. The lowest BCUT2D eigenvalue weighted by Gasteiger charge is -2.31. The molecule has 29 heavy (non-hydrogen) atoms. The zero-order chi connectivity index (χ0) is 20.8. The van der Waals surface area contributed by atoms with E-state index in [9.17, 15) is 14.4 Å². The van der Waals surface area contributed by atoms with E-state index in [0.717, 1.165) is 29.3 Å². The summed E-state index contributed by atoms with van der Waals surface area (Å²) in [5.41, 5.74) is 0.663. The first kappa shape index (κ1) is 21.4. The van der Waals surface area contributed by atoms with Crippen molar-refractivity contribution >= 4 is 40.7 Å². The number of amides is 2. The quantitative estimate of drug-likeness (QED) is 0.658. The van der Waals surface area contributed by atoms with Crippen LogP contribution in [0.4, 0.5) is 0 Å². The summed E-state index contributed by atoms with van der Waals surface area (Å²) >= 11 is 2.60. The highest BCUT2D eigenvalue weighted by Gasteiger charge is 2.27. The van der Waals surface area contributed by atoms with Crippen LogP contribution in [0.25, 0.3) is 0 Å². The minimum Gasteiger partial charge on any atom is -0.481 e. The molecule has 8 nitrogen and oxygen atoms in total. The van der Waals surface area contributed by atoms with Crippen LogP contribution in [0.2, 0.25) is 0 Å². The van der Waals surface area contributed by atoms with Crippen molar-refractivity contribution in [3.63, 3.8) is 0 Å². The van der Waals surface area contributed by atoms with Crippen molar-refractivity contribution in [1.29, 1.82) is 0 Å². The minimum absolute atomic E-state index is 0.0209. The summed E-state index contributed by atoms with van der Waals surface area (Å²) in [7, 11) is 0. The van der Waals surface area contributed by atoms with E-state index in [0.29, 0.717) is 36.1 Å². The topological polar surface area (TPSA) is 112 Å². The standard InChI is InChI=1S/C19H24N4O4S2/c1-12-18(29-22-21-12)19(27)23-6-4-13(5-7-23)11-20-16(24)9-14(10-17(25)26)15-3-2-8-28-15/h2-3,8,13-14H,4-7,9-11H2,1H3,(H,20,24)(H,25,26). The normalized spacial score (nSPS) is 15.8. The number of hydrogen-bond acceptors (Lipinski definition) is 7. The van der Waals surface area contributed by atoms with Crippen molar-refractivity contribution < 1.29 is 19.5 Å². The molecule has 1 unspecified atom stereocenters. The lowest BCUT2D eigenvalue weighted by atomic mass is 9.95. The number of nitrogens with one attached hydrogen (secondary N) is 1. The van der Waals surface area contributed by atoms with Gasteiger partial charge in [-0.05, 0) is 48.7 Å². The van der Waals surface area contributed by atoms with Gasteiger partial charge in [0.2, 0.25) is 5.91 Å². The average Bonchev–Trinajstić information content (AvgIpc) is 3.37. The first-order valence-electron chi connectivity index (χ1n) is 9.54. The van der Waals surface area contributed by atoms with Gasteiger partial charge in [0.25, 0.3) is 5.91 Å². The molecule has 0 radical (unpaired) electrons. The van der Waals surface area contributed by atoms with Gasteiger partial charge in [-0.25, -0.2) is 0 Å². The fourth-order valence-corrected chi connectivity index (χ4v) is 4.93. The van der Waals surface area contributed by atoms with Crippen LogP contribution in [0.15, 0.2) is 17.5 Å². The van der Waals surface area contributed by atoms with E-state index in [1.54, 1.807) is 6.92 Å². The van der Waals surface area contributed by atoms with E-state index in [4.69, 9.17) is 5.11 Å². The van der Waals surface area contributed by atoms with Gasteiger partial charge in [0.05, 0.1) is 12.1 Å². The Balaban J connectivity index is 1.43. The van der Waals surface area contributed by atoms with Crippen molar-refractivity contribution in [2.75, 3.05) is 19.6 Å². The Kier molecular flexibility index (Phi) is 7.32. The summed E-state index contributed by atoms with van der Waals surface area (Å²) in [6.07, 6.45) is 1.75. The van der Waals surface area contributed by atoms with Crippen molar-refractivity contribution in [3.05, 3.63) is 33.0 Å². The Morgan fingerprint density at radius 3 is 2.66 bits per heavy atom. The molecule has 156 valence electrons. The maximum Gasteiger partial charge on any atom is 0.304 e. The number of carbonyl (C=O) groups excluding carboxylic acids is 2. The number of carboxylic acids is 1. The lowest BCUT2D eigenvalue weighted by Crippen LogP contribution is -2.41. The van der Waals surface area contributed by atoms with Gasteiger partial charge in [0.1, 0.15) is 4.88 Å². The highest BCUT2D eigenvalue weighted by Crippen LogP contribution is 2.28. The number of carboxylic acid groups (broad SMARTS) is 1. The second-order valence-electron chi connectivity index (χ2n) is 7.24. The zero-order valence-corrected chi connectivity index (χ0v) is 17.8. The highest BCUT2D eigenvalue weighted by atomic mass is 32.1. The number of nitrogens with zero attached hydrogens (tertiary/aromatic N) is 3. The van der Waals surface area contributed by atoms with Gasteiger partial charge in [0.15, 0.2) is 0 Å². The molecule has 1 fully saturated rings.